The number of nitrogens with zero attached hydrogens (tertiary/aromatic N) is 3. The molecular formula is C23H27N3O5. The smallest absolute Gasteiger partial charge is 0.360 e. The monoisotopic (exact) mass is 425 g/mol. The highest BCUT2D eigenvalue weighted by atomic mass is 16.6. The van der Waals surface area contributed by atoms with Gasteiger partial charge >= 0.3 is 5.97 Å². The van der Waals surface area contributed by atoms with E-state index in [9.17, 15) is 4.79 Å². The van der Waals surface area contributed by atoms with Crippen molar-refractivity contribution in [3.05, 3.63) is 70.3 Å². The van der Waals surface area contributed by atoms with Crippen LogP contribution in [0.5, 0.6) is 0 Å². The van der Waals surface area contributed by atoms with Crippen LogP contribution >= 0.6 is 0 Å². The first-order valence-corrected chi connectivity index (χ1v) is 9.56. The van der Waals surface area contributed by atoms with Gasteiger partial charge in [-0.3, -0.25) is 0 Å². The number of esters is 1. The van der Waals surface area contributed by atoms with Crippen molar-refractivity contribution < 1.29 is 24.0 Å². The highest BCUT2D eigenvalue weighted by Crippen LogP contribution is 2.18. The second kappa shape index (κ2) is 11.5. The summed E-state index contributed by atoms with van der Waals surface area (Å²) in [5, 5.41) is 12.0. The SMILES string of the molecule is CO/N=C(\C)c1cccc(/C(C)=N/OCc2c(C)cccc2/C(=N\OC)C(=O)OC)c1. The summed E-state index contributed by atoms with van der Waals surface area (Å²) in [5.41, 5.74) is 5.58. The summed E-state index contributed by atoms with van der Waals surface area (Å²) in [5.74, 6) is -0.599. The van der Waals surface area contributed by atoms with E-state index in [0.29, 0.717) is 11.3 Å². The first-order chi connectivity index (χ1) is 14.9. The number of benzene rings is 2. The van der Waals surface area contributed by atoms with Crippen molar-refractivity contribution in [2.24, 2.45) is 15.5 Å². The van der Waals surface area contributed by atoms with Gasteiger partial charge < -0.3 is 19.2 Å². The van der Waals surface area contributed by atoms with Gasteiger partial charge in [0.05, 0.1) is 18.5 Å². The van der Waals surface area contributed by atoms with E-state index < -0.39 is 5.97 Å². The highest BCUT2D eigenvalue weighted by molar-refractivity contribution is 6.43. The Hall–Kier alpha value is -3.68. The third-order valence-corrected chi connectivity index (χ3v) is 4.56. The lowest BCUT2D eigenvalue weighted by Crippen LogP contribution is -2.20. The zero-order valence-corrected chi connectivity index (χ0v) is 18.6. The number of rotatable bonds is 9. The zero-order chi connectivity index (χ0) is 22.8. The predicted octanol–water partition coefficient (Wildman–Crippen LogP) is 3.83. The van der Waals surface area contributed by atoms with Crippen LogP contribution in [-0.4, -0.2) is 44.4 Å². The van der Waals surface area contributed by atoms with Crippen LogP contribution in [0.25, 0.3) is 0 Å². The maximum Gasteiger partial charge on any atom is 0.360 e. The summed E-state index contributed by atoms with van der Waals surface area (Å²) >= 11 is 0. The maximum atomic E-state index is 12.1. The quantitative estimate of drug-likeness (QED) is 0.346. The Kier molecular flexibility index (Phi) is 8.75. The fraction of sp³-hybridized carbons (Fsp3) is 0.304. The molecule has 0 bridgehead atoms. The molecule has 0 saturated heterocycles. The van der Waals surface area contributed by atoms with E-state index in [4.69, 9.17) is 19.2 Å². The Balaban J connectivity index is 2.27. The zero-order valence-electron chi connectivity index (χ0n) is 18.6. The number of methoxy groups -OCH3 is 1. The molecule has 0 aliphatic heterocycles. The molecule has 0 atom stereocenters. The lowest BCUT2D eigenvalue weighted by molar-refractivity contribution is -0.132. The molecule has 2 rings (SSSR count). The third kappa shape index (κ3) is 6.15. The summed E-state index contributed by atoms with van der Waals surface area (Å²) in [6.07, 6.45) is 0. The summed E-state index contributed by atoms with van der Waals surface area (Å²) in [7, 11) is 4.17. The lowest BCUT2D eigenvalue weighted by atomic mass is 9.99. The van der Waals surface area contributed by atoms with Gasteiger partial charge in [-0.05, 0) is 43.5 Å². The third-order valence-electron chi connectivity index (χ3n) is 4.56. The minimum Gasteiger partial charge on any atom is -0.464 e. The first kappa shape index (κ1) is 23.6. The molecule has 2 aromatic carbocycles. The van der Waals surface area contributed by atoms with Crippen LogP contribution in [0.3, 0.4) is 0 Å². The number of aryl methyl sites for hydroxylation is 1. The van der Waals surface area contributed by atoms with Crippen molar-refractivity contribution in [3.63, 3.8) is 0 Å². The minimum atomic E-state index is -0.599. The molecule has 0 fully saturated rings. The van der Waals surface area contributed by atoms with Crippen LogP contribution in [0.2, 0.25) is 0 Å². The summed E-state index contributed by atoms with van der Waals surface area (Å²) < 4.78 is 4.83. The number of hydrogen-bond donors (Lipinski definition) is 0. The van der Waals surface area contributed by atoms with E-state index in [1.54, 1.807) is 6.07 Å². The second-order valence-corrected chi connectivity index (χ2v) is 6.61. The molecule has 2 aromatic rings. The van der Waals surface area contributed by atoms with Crippen LogP contribution in [0.15, 0.2) is 57.9 Å². The normalized spacial score (nSPS) is 12.4. The second-order valence-electron chi connectivity index (χ2n) is 6.61. The molecule has 0 spiro atoms. The van der Waals surface area contributed by atoms with Crippen molar-refractivity contribution in [1.82, 2.24) is 0 Å². The average Bonchev–Trinajstić information content (AvgIpc) is 2.78. The van der Waals surface area contributed by atoms with Crippen LogP contribution in [0.1, 0.15) is 41.7 Å². The fourth-order valence-electron chi connectivity index (χ4n) is 2.91. The Labute approximate surface area is 182 Å². The Morgan fingerprint density at radius 2 is 1.48 bits per heavy atom. The number of hydrogen-bond acceptors (Lipinski definition) is 8. The van der Waals surface area contributed by atoms with Gasteiger partial charge in [-0.15, -0.1) is 0 Å². The van der Waals surface area contributed by atoms with Crippen LogP contribution in [0.4, 0.5) is 0 Å². The molecule has 0 unspecified atom stereocenters. The molecule has 0 N–H and O–H groups in total. The Bertz CT molecular complexity index is 1010. The van der Waals surface area contributed by atoms with Crippen molar-refractivity contribution in [1.29, 1.82) is 0 Å². The van der Waals surface area contributed by atoms with E-state index in [-0.39, 0.29) is 12.3 Å². The standard InChI is InChI=1S/C23H27N3O5/c1-15-9-7-12-20(22(26-30-6)23(27)28-4)21(15)14-31-25-17(3)19-11-8-10-18(13-19)16(2)24-29-5/h7-13H,14H2,1-6H3/b24-16+,25-17+,26-22+. The predicted molar refractivity (Wildman–Crippen MR) is 119 cm³/mol. The largest absolute Gasteiger partial charge is 0.464 e. The van der Waals surface area contributed by atoms with E-state index in [1.807, 2.05) is 57.2 Å². The van der Waals surface area contributed by atoms with Crippen LogP contribution in [-0.2, 0) is 30.7 Å². The van der Waals surface area contributed by atoms with Crippen molar-refractivity contribution in [2.45, 2.75) is 27.4 Å². The van der Waals surface area contributed by atoms with E-state index in [1.165, 1.54) is 21.3 Å². The van der Waals surface area contributed by atoms with Gasteiger partial charge in [0, 0.05) is 11.1 Å². The molecule has 0 aromatic heterocycles. The lowest BCUT2D eigenvalue weighted by Gasteiger charge is -2.12. The molecule has 0 radical (unpaired) electrons. The summed E-state index contributed by atoms with van der Waals surface area (Å²) in [6, 6.07) is 13.3. The van der Waals surface area contributed by atoms with Gasteiger partial charge in [0.15, 0.2) is 5.71 Å². The Morgan fingerprint density at radius 3 is 2.10 bits per heavy atom. The Morgan fingerprint density at radius 1 is 0.871 bits per heavy atom. The molecule has 0 aliphatic rings. The molecule has 0 heterocycles. The number of oxime groups is 3. The molecule has 8 nitrogen and oxygen atoms in total. The summed E-state index contributed by atoms with van der Waals surface area (Å²) in [6.45, 7) is 5.78. The highest BCUT2D eigenvalue weighted by Gasteiger charge is 2.20. The fourth-order valence-corrected chi connectivity index (χ4v) is 2.91. The van der Waals surface area contributed by atoms with Gasteiger partial charge in [-0.2, -0.15) is 0 Å². The van der Waals surface area contributed by atoms with Gasteiger partial charge in [-0.1, -0.05) is 51.9 Å². The van der Waals surface area contributed by atoms with E-state index in [2.05, 4.69) is 15.5 Å². The molecule has 0 amide bonds. The number of ether oxygens (including phenoxy) is 1. The first-order valence-electron chi connectivity index (χ1n) is 9.56. The average molecular weight is 425 g/mol. The minimum absolute atomic E-state index is 0.0635. The van der Waals surface area contributed by atoms with Crippen molar-refractivity contribution >= 4 is 23.1 Å². The number of carbonyl (C=O) groups excluding carboxylic acids is 1. The molecule has 164 valence electrons. The van der Waals surface area contributed by atoms with Gasteiger partial charge in [0.25, 0.3) is 0 Å². The topological polar surface area (TPSA) is 91.1 Å². The van der Waals surface area contributed by atoms with Crippen molar-refractivity contribution in [2.75, 3.05) is 21.3 Å². The molecule has 0 aliphatic carbocycles. The summed E-state index contributed by atoms with van der Waals surface area (Å²) in [4.78, 5) is 27.4. The maximum absolute atomic E-state index is 12.1. The van der Waals surface area contributed by atoms with Gasteiger partial charge in [-0.25, -0.2) is 4.79 Å². The number of carbonyl (C=O) groups is 1. The van der Waals surface area contributed by atoms with Gasteiger partial charge in [0.1, 0.15) is 20.8 Å². The van der Waals surface area contributed by atoms with Crippen LogP contribution in [0, 0.1) is 6.92 Å². The van der Waals surface area contributed by atoms with E-state index >= 15 is 0 Å². The molecular weight excluding hydrogens is 398 g/mol. The molecule has 8 heteroatoms. The molecule has 0 saturated carbocycles. The molecule has 31 heavy (non-hydrogen) atoms. The van der Waals surface area contributed by atoms with Gasteiger partial charge in [0.2, 0.25) is 0 Å². The van der Waals surface area contributed by atoms with Crippen LogP contribution < -0.4 is 0 Å². The van der Waals surface area contributed by atoms with Crippen molar-refractivity contribution in [3.8, 4) is 0 Å². The van der Waals surface area contributed by atoms with E-state index in [0.717, 1.165) is 28.0 Å².